The minimum atomic E-state index is 0. The van der Waals surface area contributed by atoms with E-state index in [9.17, 15) is 0 Å². The van der Waals surface area contributed by atoms with Crippen molar-refractivity contribution in [3.05, 3.63) is 17.5 Å². The fourth-order valence-electron chi connectivity index (χ4n) is 2.69. The van der Waals surface area contributed by atoms with Gasteiger partial charge < -0.3 is 10.2 Å². The highest BCUT2D eigenvalue weighted by molar-refractivity contribution is 5.85. The molecule has 1 aliphatic heterocycles. The molecule has 4 nitrogen and oxygen atoms in total. The number of hydrogen-bond donors (Lipinski definition) is 2. The summed E-state index contributed by atoms with van der Waals surface area (Å²) in [5, 5.41) is 11.0. The van der Waals surface area contributed by atoms with E-state index in [2.05, 4.69) is 54.3 Å². The molecule has 2 rings (SSSR count). The van der Waals surface area contributed by atoms with Crippen molar-refractivity contribution in [1.82, 2.24) is 20.4 Å². The maximum Gasteiger partial charge on any atom is 0.0678 e. The summed E-state index contributed by atoms with van der Waals surface area (Å²) in [5.74, 6) is 0.844. The van der Waals surface area contributed by atoms with E-state index >= 15 is 0 Å². The molecule has 1 saturated heterocycles. The summed E-state index contributed by atoms with van der Waals surface area (Å²) in [5.41, 5.74) is 2.50. The molecule has 1 aromatic rings. The third kappa shape index (κ3) is 5.08. The molecule has 1 aliphatic rings. The van der Waals surface area contributed by atoms with Crippen LogP contribution in [0.4, 0.5) is 0 Å². The second-order valence-electron chi connectivity index (χ2n) is 6.92. The van der Waals surface area contributed by atoms with E-state index < -0.39 is 0 Å². The van der Waals surface area contributed by atoms with Crippen LogP contribution in [0.2, 0.25) is 0 Å². The zero-order chi connectivity index (χ0) is 13.9. The molecule has 2 heterocycles. The van der Waals surface area contributed by atoms with E-state index in [1.54, 1.807) is 0 Å². The van der Waals surface area contributed by atoms with Gasteiger partial charge in [-0.15, -0.1) is 12.4 Å². The van der Waals surface area contributed by atoms with E-state index in [0.717, 1.165) is 18.2 Å². The Bertz CT molecular complexity index is 391. The van der Waals surface area contributed by atoms with Crippen LogP contribution in [0, 0.1) is 5.92 Å². The highest BCUT2D eigenvalue weighted by atomic mass is 35.5. The van der Waals surface area contributed by atoms with Gasteiger partial charge in [0.1, 0.15) is 0 Å². The van der Waals surface area contributed by atoms with Crippen LogP contribution in [0.5, 0.6) is 0 Å². The molecule has 5 heteroatoms. The summed E-state index contributed by atoms with van der Waals surface area (Å²) >= 11 is 0. The number of nitrogens with one attached hydrogen (secondary N) is 2. The Hall–Kier alpha value is -0.580. The molecule has 0 bridgehead atoms. The van der Waals surface area contributed by atoms with Gasteiger partial charge in [-0.25, -0.2) is 0 Å². The van der Waals surface area contributed by atoms with Crippen LogP contribution in [0.1, 0.15) is 45.0 Å². The van der Waals surface area contributed by atoms with E-state index in [-0.39, 0.29) is 17.8 Å². The third-order valence-corrected chi connectivity index (χ3v) is 3.87. The highest BCUT2D eigenvalue weighted by Crippen LogP contribution is 2.21. The Labute approximate surface area is 129 Å². The van der Waals surface area contributed by atoms with Gasteiger partial charge in [0.25, 0.3) is 0 Å². The monoisotopic (exact) mass is 300 g/mol. The summed E-state index contributed by atoms with van der Waals surface area (Å²) in [6, 6.07) is 2.21. The number of H-pyrrole nitrogens is 1. The topological polar surface area (TPSA) is 44.0 Å². The summed E-state index contributed by atoms with van der Waals surface area (Å²) in [4.78, 5) is 2.41. The molecule has 2 N–H and O–H groups in total. The van der Waals surface area contributed by atoms with Crippen LogP contribution < -0.4 is 5.32 Å². The zero-order valence-electron chi connectivity index (χ0n) is 13.2. The molecule has 116 valence electrons. The molecular formula is C15H29ClN4. The van der Waals surface area contributed by atoms with Gasteiger partial charge in [-0.3, -0.25) is 5.10 Å². The average Bonchev–Trinajstić information content (AvgIpc) is 2.78. The van der Waals surface area contributed by atoms with Crippen molar-refractivity contribution in [2.24, 2.45) is 5.92 Å². The van der Waals surface area contributed by atoms with E-state index in [4.69, 9.17) is 0 Å². The molecule has 1 aromatic heterocycles. The molecule has 1 fully saturated rings. The summed E-state index contributed by atoms with van der Waals surface area (Å²) in [7, 11) is 2.21. The molecule has 20 heavy (non-hydrogen) atoms. The number of rotatable bonds is 4. The van der Waals surface area contributed by atoms with Crippen molar-refractivity contribution in [2.75, 3.05) is 26.7 Å². The van der Waals surface area contributed by atoms with Gasteiger partial charge in [0.05, 0.1) is 5.69 Å². The molecule has 0 aromatic carbocycles. The first-order chi connectivity index (χ1) is 8.95. The summed E-state index contributed by atoms with van der Waals surface area (Å²) in [6.07, 6.45) is 2.61. The van der Waals surface area contributed by atoms with Crippen molar-refractivity contribution < 1.29 is 0 Å². The fourth-order valence-corrected chi connectivity index (χ4v) is 2.69. The number of nitrogens with zero attached hydrogens (tertiary/aromatic N) is 2. The van der Waals surface area contributed by atoms with Crippen LogP contribution >= 0.6 is 12.4 Å². The first-order valence-electron chi connectivity index (χ1n) is 7.39. The molecule has 0 saturated carbocycles. The Morgan fingerprint density at radius 1 is 1.30 bits per heavy atom. The van der Waals surface area contributed by atoms with Gasteiger partial charge in [0, 0.05) is 24.2 Å². The SMILES string of the molecule is CN(Cc1cc(C(C)(C)C)n[nH]1)CC1CCNCC1.Cl. The molecule has 0 atom stereocenters. The molecule has 0 radical (unpaired) electrons. The highest BCUT2D eigenvalue weighted by Gasteiger charge is 2.19. The van der Waals surface area contributed by atoms with Crippen molar-refractivity contribution in [2.45, 2.75) is 45.6 Å². The maximum absolute atomic E-state index is 4.43. The van der Waals surface area contributed by atoms with Crippen molar-refractivity contribution in [3.8, 4) is 0 Å². The van der Waals surface area contributed by atoms with E-state index in [1.165, 1.54) is 38.2 Å². The van der Waals surface area contributed by atoms with Gasteiger partial charge in [0.15, 0.2) is 0 Å². The van der Waals surface area contributed by atoms with Gasteiger partial charge in [-0.05, 0) is 45.0 Å². The summed E-state index contributed by atoms with van der Waals surface area (Å²) in [6.45, 7) is 11.1. The number of piperidine rings is 1. The van der Waals surface area contributed by atoms with Crippen LogP contribution in [0.15, 0.2) is 6.07 Å². The van der Waals surface area contributed by atoms with Crippen LogP contribution in [0.3, 0.4) is 0 Å². The normalized spacial score (nSPS) is 17.2. The molecular weight excluding hydrogens is 272 g/mol. The Kier molecular flexibility index (Phi) is 6.49. The van der Waals surface area contributed by atoms with Gasteiger partial charge in [-0.2, -0.15) is 5.10 Å². The Morgan fingerprint density at radius 3 is 2.50 bits per heavy atom. The quantitative estimate of drug-likeness (QED) is 0.898. The smallest absolute Gasteiger partial charge is 0.0678 e. The van der Waals surface area contributed by atoms with E-state index in [0.29, 0.717) is 0 Å². The van der Waals surface area contributed by atoms with Crippen molar-refractivity contribution in [1.29, 1.82) is 0 Å². The molecule has 0 aliphatic carbocycles. The largest absolute Gasteiger partial charge is 0.317 e. The predicted octanol–water partition coefficient (Wildman–Crippen LogP) is 2.56. The van der Waals surface area contributed by atoms with E-state index in [1.807, 2.05) is 0 Å². The fraction of sp³-hybridized carbons (Fsp3) is 0.800. The van der Waals surface area contributed by atoms with Gasteiger partial charge in [-0.1, -0.05) is 20.8 Å². The summed E-state index contributed by atoms with van der Waals surface area (Å²) < 4.78 is 0. The second-order valence-corrected chi connectivity index (χ2v) is 6.92. The minimum absolute atomic E-state index is 0. The second kappa shape index (κ2) is 7.43. The molecule has 0 spiro atoms. The zero-order valence-corrected chi connectivity index (χ0v) is 14.0. The minimum Gasteiger partial charge on any atom is -0.317 e. The van der Waals surface area contributed by atoms with Crippen LogP contribution in [0.25, 0.3) is 0 Å². The van der Waals surface area contributed by atoms with Crippen molar-refractivity contribution >= 4 is 12.4 Å². The average molecular weight is 301 g/mol. The standard InChI is InChI=1S/C15H28N4.ClH/c1-15(2,3)14-9-13(17-18-14)11-19(4)10-12-5-7-16-8-6-12;/h9,12,16H,5-8,10-11H2,1-4H3,(H,17,18);1H. The molecule has 0 amide bonds. The third-order valence-electron chi connectivity index (χ3n) is 3.87. The number of hydrogen-bond acceptors (Lipinski definition) is 3. The van der Waals surface area contributed by atoms with Crippen LogP contribution in [-0.4, -0.2) is 41.8 Å². The number of halogens is 1. The van der Waals surface area contributed by atoms with Gasteiger partial charge >= 0.3 is 0 Å². The Balaban J connectivity index is 0.00000200. The number of aromatic amines is 1. The van der Waals surface area contributed by atoms with Crippen molar-refractivity contribution in [3.63, 3.8) is 0 Å². The lowest BCUT2D eigenvalue weighted by Gasteiger charge is -2.27. The van der Waals surface area contributed by atoms with Gasteiger partial charge in [0.2, 0.25) is 0 Å². The first-order valence-corrected chi connectivity index (χ1v) is 7.39. The maximum atomic E-state index is 4.43. The first kappa shape index (κ1) is 17.5. The Morgan fingerprint density at radius 2 is 1.95 bits per heavy atom. The predicted molar refractivity (Wildman–Crippen MR) is 86.5 cm³/mol. The number of aromatic nitrogens is 2. The lowest BCUT2D eigenvalue weighted by molar-refractivity contribution is 0.232. The lowest BCUT2D eigenvalue weighted by atomic mass is 9.92. The van der Waals surface area contributed by atoms with Crippen LogP contribution in [-0.2, 0) is 12.0 Å². The lowest BCUT2D eigenvalue weighted by Crippen LogP contribution is -2.34. The molecule has 0 unspecified atom stereocenters.